The second-order valence-electron chi connectivity index (χ2n) is 7.25. The molecule has 0 bridgehead atoms. The van der Waals surface area contributed by atoms with Gasteiger partial charge in [-0.25, -0.2) is 5.43 Å². The molecule has 1 aliphatic carbocycles. The predicted octanol–water partition coefficient (Wildman–Crippen LogP) is 2.72. The lowest BCUT2D eigenvalue weighted by Gasteiger charge is -2.25. The Hall–Kier alpha value is -1.86. The summed E-state index contributed by atoms with van der Waals surface area (Å²) < 4.78 is 0. The van der Waals surface area contributed by atoms with Crippen LogP contribution in [0.2, 0.25) is 0 Å². The third-order valence-electron chi connectivity index (χ3n) is 5.23. The van der Waals surface area contributed by atoms with Crippen molar-refractivity contribution < 1.29 is 0 Å². The molecule has 0 spiro atoms. The lowest BCUT2D eigenvalue weighted by molar-refractivity contribution is 0.450. The van der Waals surface area contributed by atoms with Gasteiger partial charge in [0.25, 0.3) is 0 Å². The van der Waals surface area contributed by atoms with E-state index >= 15 is 0 Å². The van der Waals surface area contributed by atoms with E-state index in [9.17, 15) is 0 Å². The Labute approximate surface area is 157 Å². The molecular weight excluding hydrogens is 326 g/mol. The molecule has 146 valence electrons. The third kappa shape index (κ3) is 6.14. The first kappa shape index (κ1) is 20.5. The highest BCUT2D eigenvalue weighted by molar-refractivity contribution is 5.98. The summed E-state index contributed by atoms with van der Waals surface area (Å²) in [5.41, 5.74) is 25.0. The zero-order chi connectivity index (χ0) is 18.8. The summed E-state index contributed by atoms with van der Waals surface area (Å²) in [6, 6.07) is 0. The van der Waals surface area contributed by atoms with E-state index < -0.39 is 0 Å². The predicted molar refractivity (Wildman–Crippen MR) is 108 cm³/mol. The van der Waals surface area contributed by atoms with Gasteiger partial charge in [0.05, 0.1) is 5.70 Å². The van der Waals surface area contributed by atoms with Crippen molar-refractivity contribution in [3.8, 4) is 0 Å². The largest absolute Gasteiger partial charge is 0.384 e. The highest BCUT2D eigenvalue weighted by atomic mass is 15.6. The average molecular weight is 362 g/mol. The van der Waals surface area contributed by atoms with Gasteiger partial charge in [0, 0.05) is 12.1 Å². The van der Waals surface area contributed by atoms with Gasteiger partial charge >= 0.3 is 0 Å². The Morgan fingerprint density at radius 2 is 1.23 bits per heavy atom. The van der Waals surface area contributed by atoms with Crippen molar-refractivity contribution in [2.75, 3.05) is 6.54 Å². The first-order valence-corrected chi connectivity index (χ1v) is 9.99. The molecule has 0 aromatic rings. The van der Waals surface area contributed by atoms with Crippen molar-refractivity contribution in [1.29, 1.82) is 10.8 Å². The molecule has 2 rings (SSSR count). The van der Waals surface area contributed by atoms with Gasteiger partial charge in [0.15, 0.2) is 0 Å². The zero-order valence-electron chi connectivity index (χ0n) is 15.8. The van der Waals surface area contributed by atoms with Crippen molar-refractivity contribution in [3.63, 3.8) is 0 Å². The molecule has 1 heterocycles. The quantitative estimate of drug-likeness (QED) is 0.306. The summed E-state index contributed by atoms with van der Waals surface area (Å²) in [6.07, 6.45) is 12.6. The normalized spacial score (nSPS) is 27.2. The number of hydrazine groups is 2. The maximum atomic E-state index is 8.13. The summed E-state index contributed by atoms with van der Waals surface area (Å²) in [5, 5.41) is 16.2. The number of amidine groups is 2. The Balaban J connectivity index is 2.48. The van der Waals surface area contributed by atoms with E-state index in [2.05, 4.69) is 16.4 Å². The second kappa shape index (κ2) is 11.0. The van der Waals surface area contributed by atoms with E-state index in [0.717, 1.165) is 80.3 Å². The van der Waals surface area contributed by atoms with E-state index in [1.54, 1.807) is 0 Å². The lowest BCUT2D eigenvalue weighted by atomic mass is 9.89. The number of hydrogen-bond acceptors (Lipinski definition) is 5. The Bertz CT molecular complexity index is 512. The van der Waals surface area contributed by atoms with E-state index in [1.165, 1.54) is 25.7 Å². The summed E-state index contributed by atoms with van der Waals surface area (Å²) in [6.45, 7) is 0.883. The molecule has 0 fully saturated rings. The molecule has 0 saturated heterocycles. The minimum atomic E-state index is 0.0994. The molecular formula is C19H35N7. The Morgan fingerprint density at radius 3 is 1.88 bits per heavy atom. The van der Waals surface area contributed by atoms with Crippen LogP contribution >= 0.6 is 0 Å². The monoisotopic (exact) mass is 361 g/mol. The van der Waals surface area contributed by atoms with Crippen LogP contribution in [0.5, 0.6) is 0 Å². The highest BCUT2D eigenvalue weighted by Gasteiger charge is 2.20. The van der Waals surface area contributed by atoms with Gasteiger partial charge in [-0.15, -0.1) is 0 Å². The van der Waals surface area contributed by atoms with Crippen molar-refractivity contribution in [3.05, 3.63) is 22.4 Å². The first-order chi connectivity index (χ1) is 12.6. The first-order valence-electron chi connectivity index (χ1n) is 9.99. The topological polar surface area (TPSA) is 136 Å². The van der Waals surface area contributed by atoms with Gasteiger partial charge in [0.1, 0.15) is 11.7 Å². The molecule has 9 N–H and O–H groups in total. The second-order valence-corrected chi connectivity index (χ2v) is 7.25. The summed E-state index contributed by atoms with van der Waals surface area (Å²) >= 11 is 0. The summed E-state index contributed by atoms with van der Waals surface area (Å²) in [4.78, 5) is 0. The number of nitrogens with two attached hydrogens (primary N) is 2. The van der Waals surface area contributed by atoms with Gasteiger partial charge < -0.3 is 16.9 Å². The van der Waals surface area contributed by atoms with E-state index in [0.29, 0.717) is 0 Å². The molecule has 0 unspecified atom stereocenters. The lowest BCUT2D eigenvalue weighted by Crippen LogP contribution is -2.45. The van der Waals surface area contributed by atoms with Crippen LogP contribution in [0.4, 0.5) is 0 Å². The molecule has 0 saturated carbocycles. The molecule has 0 radical (unpaired) electrons. The molecule has 0 aromatic heterocycles. The minimum Gasteiger partial charge on any atom is -0.384 e. The average Bonchev–Trinajstić information content (AvgIpc) is 2.62. The molecule has 7 heteroatoms. The van der Waals surface area contributed by atoms with Crippen LogP contribution in [0.3, 0.4) is 0 Å². The van der Waals surface area contributed by atoms with Crippen LogP contribution in [0.1, 0.15) is 77.0 Å². The number of hydrogen-bond donors (Lipinski definition) is 7. The van der Waals surface area contributed by atoms with Crippen LogP contribution in [0, 0.1) is 10.8 Å². The number of rotatable bonds is 3. The number of allylic oxidation sites excluding steroid dienone is 1. The van der Waals surface area contributed by atoms with Crippen LogP contribution in [-0.4, -0.2) is 18.2 Å². The molecule has 0 amide bonds. The standard InChI is InChI=1S/C19H35N7/c20-18(21)15-11-7-4-2-1-3-6-10-14(15)17-16(19(22)23)12-8-5-9-13-24-26-25-17/h24-26H,1-13H2,(H3,20,21)(H3,22,23)/b15-14-,17-16-. The Morgan fingerprint density at radius 1 is 0.692 bits per heavy atom. The summed E-state index contributed by atoms with van der Waals surface area (Å²) in [7, 11) is 0. The van der Waals surface area contributed by atoms with Crippen molar-refractivity contribution in [1.82, 2.24) is 16.4 Å². The van der Waals surface area contributed by atoms with Crippen LogP contribution in [0.15, 0.2) is 22.4 Å². The third-order valence-corrected chi connectivity index (χ3v) is 5.23. The molecule has 1 aliphatic heterocycles. The SMILES string of the molecule is N=C(N)/C1=C(\C2=C(\C(=N)N)CCCCCNNN2)CCCCCCCC1. The maximum absolute atomic E-state index is 8.13. The van der Waals surface area contributed by atoms with Crippen LogP contribution in [0.25, 0.3) is 0 Å². The fraction of sp³-hybridized carbons (Fsp3) is 0.684. The fourth-order valence-electron chi connectivity index (χ4n) is 3.77. The van der Waals surface area contributed by atoms with E-state index in [4.69, 9.17) is 22.3 Å². The van der Waals surface area contributed by atoms with Gasteiger partial charge in [-0.05, 0) is 56.1 Å². The summed E-state index contributed by atoms with van der Waals surface area (Å²) in [5.74, 6) is 0.241. The van der Waals surface area contributed by atoms with Gasteiger partial charge in [-0.3, -0.25) is 10.8 Å². The molecule has 26 heavy (non-hydrogen) atoms. The van der Waals surface area contributed by atoms with Crippen molar-refractivity contribution in [2.45, 2.75) is 77.0 Å². The highest BCUT2D eigenvalue weighted by Crippen LogP contribution is 2.29. The minimum absolute atomic E-state index is 0.0994. The zero-order valence-corrected chi connectivity index (χ0v) is 15.8. The molecule has 0 aromatic carbocycles. The molecule has 2 aliphatic rings. The van der Waals surface area contributed by atoms with Gasteiger partial charge in [-0.2, -0.15) is 5.53 Å². The van der Waals surface area contributed by atoms with Crippen LogP contribution < -0.4 is 27.9 Å². The van der Waals surface area contributed by atoms with Gasteiger partial charge in [0.2, 0.25) is 0 Å². The number of nitrogens with one attached hydrogen (secondary N) is 5. The van der Waals surface area contributed by atoms with Gasteiger partial charge in [-0.1, -0.05) is 32.1 Å². The maximum Gasteiger partial charge on any atom is 0.120 e. The van der Waals surface area contributed by atoms with E-state index in [-0.39, 0.29) is 11.7 Å². The van der Waals surface area contributed by atoms with Crippen molar-refractivity contribution in [2.24, 2.45) is 11.5 Å². The molecule has 7 nitrogen and oxygen atoms in total. The molecule has 0 atom stereocenters. The smallest absolute Gasteiger partial charge is 0.120 e. The van der Waals surface area contributed by atoms with Crippen LogP contribution in [-0.2, 0) is 0 Å². The van der Waals surface area contributed by atoms with E-state index in [1.807, 2.05) is 0 Å². The van der Waals surface area contributed by atoms with Crippen molar-refractivity contribution >= 4 is 11.7 Å². The Kier molecular flexibility index (Phi) is 8.64. The fourth-order valence-corrected chi connectivity index (χ4v) is 3.77.